The molecule has 0 saturated carbocycles. The summed E-state index contributed by atoms with van der Waals surface area (Å²) in [4.78, 5) is 24.6. The van der Waals surface area contributed by atoms with E-state index >= 15 is 0 Å². The van der Waals surface area contributed by atoms with Crippen molar-refractivity contribution in [3.8, 4) is 0 Å². The first kappa shape index (κ1) is 82.3. The molecule has 0 heterocycles. The summed E-state index contributed by atoms with van der Waals surface area (Å²) in [6, 6.07) is -0.543. The number of amides is 1. The molecule has 0 spiro atoms. The highest BCUT2D eigenvalue weighted by atomic mass is 16.5. The number of hydrogen-bond donors (Lipinski definition) is 3. The lowest BCUT2D eigenvalue weighted by Crippen LogP contribution is -2.45. The summed E-state index contributed by atoms with van der Waals surface area (Å²) in [7, 11) is 0. The molecular formula is C78H151NO5. The van der Waals surface area contributed by atoms with Crippen LogP contribution in [0.3, 0.4) is 0 Å². The van der Waals surface area contributed by atoms with Crippen molar-refractivity contribution < 1.29 is 24.5 Å². The van der Waals surface area contributed by atoms with Gasteiger partial charge in [0.15, 0.2) is 0 Å². The van der Waals surface area contributed by atoms with Crippen molar-refractivity contribution in [2.75, 3.05) is 13.2 Å². The molecule has 0 bridgehead atoms. The van der Waals surface area contributed by atoms with Crippen LogP contribution in [0, 0.1) is 0 Å². The van der Waals surface area contributed by atoms with Crippen LogP contribution in [0.25, 0.3) is 0 Å². The number of nitrogens with one attached hydrogen (secondary N) is 1. The van der Waals surface area contributed by atoms with Crippen LogP contribution < -0.4 is 5.32 Å². The number of ether oxygens (including phenoxy) is 1. The molecule has 2 atom stereocenters. The molecule has 0 rings (SSSR count). The fraction of sp³-hybridized carbons (Fsp3) is 0.923. The second kappa shape index (κ2) is 73.8. The summed E-state index contributed by atoms with van der Waals surface area (Å²) in [6.45, 7) is 4.99. The highest BCUT2D eigenvalue weighted by Gasteiger charge is 2.20. The van der Waals surface area contributed by atoms with Crippen LogP contribution in [0.5, 0.6) is 0 Å². The topological polar surface area (TPSA) is 95.9 Å². The van der Waals surface area contributed by atoms with Crippen LogP contribution in [0.2, 0.25) is 0 Å². The lowest BCUT2D eigenvalue weighted by atomic mass is 10.0. The van der Waals surface area contributed by atoms with E-state index in [1.54, 1.807) is 0 Å². The summed E-state index contributed by atoms with van der Waals surface area (Å²) in [5.74, 6) is -0.0211. The van der Waals surface area contributed by atoms with Crippen LogP contribution in [0.4, 0.5) is 0 Å². The molecule has 0 aliphatic heterocycles. The predicted octanol–water partition coefficient (Wildman–Crippen LogP) is 25.3. The van der Waals surface area contributed by atoms with E-state index in [1.165, 1.54) is 360 Å². The molecule has 498 valence electrons. The van der Waals surface area contributed by atoms with Gasteiger partial charge in [-0.25, -0.2) is 0 Å². The van der Waals surface area contributed by atoms with Crippen LogP contribution in [-0.2, 0) is 14.3 Å². The summed E-state index contributed by atoms with van der Waals surface area (Å²) in [5.41, 5.74) is 0. The molecule has 84 heavy (non-hydrogen) atoms. The third kappa shape index (κ3) is 69.4. The summed E-state index contributed by atoms with van der Waals surface area (Å²) in [6.07, 6.45) is 94.0. The van der Waals surface area contributed by atoms with Crippen molar-refractivity contribution in [3.05, 3.63) is 24.3 Å². The first-order valence-corrected chi connectivity index (χ1v) is 38.6. The van der Waals surface area contributed by atoms with Crippen LogP contribution in [0.1, 0.15) is 438 Å². The average Bonchev–Trinajstić information content (AvgIpc) is 3.51. The molecule has 0 saturated heterocycles. The zero-order valence-electron chi connectivity index (χ0n) is 57.2. The van der Waals surface area contributed by atoms with Crippen molar-refractivity contribution in [3.63, 3.8) is 0 Å². The molecule has 1 amide bonds. The number of esters is 1. The van der Waals surface area contributed by atoms with Gasteiger partial charge in [-0.2, -0.15) is 0 Å². The summed E-state index contributed by atoms with van der Waals surface area (Å²) < 4.78 is 5.49. The van der Waals surface area contributed by atoms with Gasteiger partial charge in [0.1, 0.15) is 0 Å². The molecule has 0 aliphatic rings. The molecule has 0 aliphatic carbocycles. The Labute approximate surface area is 526 Å². The van der Waals surface area contributed by atoms with E-state index in [-0.39, 0.29) is 18.5 Å². The van der Waals surface area contributed by atoms with Gasteiger partial charge in [0.25, 0.3) is 0 Å². The van der Waals surface area contributed by atoms with Gasteiger partial charge in [-0.15, -0.1) is 0 Å². The molecule has 6 heteroatoms. The van der Waals surface area contributed by atoms with Crippen molar-refractivity contribution in [1.82, 2.24) is 5.32 Å². The van der Waals surface area contributed by atoms with Gasteiger partial charge >= 0.3 is 5.97 Å². The number of carbonyl (C=O) groups excluding carboxylic acids is 2. The van der Waals surface area contributed by atoms with E-state index in [0.717, 1.165) is 44.9 Å². The number of aliphatic hydroxyl groups excluding tert-OH is 2. The van der Waals surface area contributed by atoms with E-state index < -0.39 is 12.1 Å². The number of hydrogen-bond acceptors (Lipinski definition) is 5. The maximum Gasteiger partial charge on any atom is 0.305 e. The number of carbonyl (C=O) groups is 2. The standard InChI is InChI=1S/C78H151NO5/c1-3-5-7-9-11-13-15-17-19-20-21-22-23-28-31-34-37-40-43-46-50-54-58-62-66-70-76(81)75(74-80)79-77(82)71-67-63-59-55-51-47-44-41-38-35-32-29-26-24-25-27-30-33-36-39-42-45-49-53-57-61-65-69-73-84-78(83)72-68-64-60-56-52-48-18-16-14-12-10-8-6-4-2/h16,18,24-25,75-76,80-81H,3-15,17,19-23,26-74H2,1-2H3,(H,79,82)/b18-16-,25-24-. The zero-order valence-corrected chi connectivity index (χ0v) is 57.2. The lowest BCUT2D eigenvalue weighted by molar-refractivity contribution is -0.143. The van der Waals surface area contributed by atoms with E-state index in [9.17, 15) is 19.8 Å². The van der Waals surface area contributed by atoms with Crippen molar-refractivity contribution in [1.29, 1.82) is 0 Å². The Balaban J connectivity index is 3.38. The highest BCUT2D eigenvalue weighted by molar-refractivity contribution is 5.76. The molecule has 0 aromatic heterocycles. The predicted molar refractivity (Wildman–Crippen MR) is 370 cm³/mol. The van der Waals surface area contributed by atoms with Crippen molar-refractivity contribution in [2.24, 2.45) is 0 Å². The number of unbranched alkanes of at least 4 members (excludes halogenated alkanes) is 58. The maximum atomic E-state index is 12.6. The monoisotopic (exact) mass is 1180 g/mol. The Morgan fingerprint density at radius 3 is 0.845 bits per heavy atom. The minimum Gasteiger partial charge on any atom is -0.466 e. The van der Waals surface area contributed by atoms with E-state index in [0.29, 0.717) is 25.9 Å². The first-order valence-electron chi connectivity index (χ1n) is 38.6. The minimum atomic E-state index is -0.666. The Morgan fingerprint density at radius 2 is 0.560 bits per heavy atom. The molecule has 6 nitrogen and oxygen atoms in total. The highest BCUT2D eigenvalue weighted by Crippen LogP contribution is 2.20. The fourth-order valence-electron chi connectivity index (χ4n) is 12.3. The number of rotatable bonds is 73. The zero-order chi connectivity index (χ0) is 60.6. The van der Waals surface area contributed by atoms with Gasteiger partial charge < -0.3 is 20.3 Å². The van der Waals surface area contributed by atoms with Gasteiger partial charge in [-0.1, -0.05) is 372 Å². The van der Waals surface area contributed by atoms with E-state index in [4.69, 9.17) is 4.74 Å². The van der Waals surface area contributed by atoms with Gasteiger partial charge in [0.05, 0.1) is 25.4 Å². The Bertz CT molecular complexity index is 1320. The molecule has 2 unspecified atom stereocenters. The average molecular weight is 1180 g/mol. The number of allylic oxidation sites excluding steroid dienone is 4. The SMILES string of the molecule is CCCCCCC/C=C\CCCCCCCC(=O)OCCCCCCCCCCCCCC/C=C\CCCCCCCCCCCCCCC(=O)NC(CO)C(O)CCCCCCCCCCCCCCCCCCCCCCCCCCC. The van der Waals surface area contributed by atoms with Gasteiger partial charge in [0.2, 0.25) is 5.91 Å². The van der Waals surface area contributed by atoms with Crippen LogP contribution in [-0.4, -0.2) is 47.4 Å². The van der Waals surface area contributed by atoms with Crippen LogP contribution in [0.15, 0.2) is 24.3 Å². The normalized spacial score (nSPS) is 12.6. The quantitative estimate of drug-likeness (QED) is 0.0320. The minimum absolute atomic E-state index is 0.00829. The Hall–Kier alpha value is -1.66. The molecule has 0 radical (unpaired) electrons. The second-order valence-corrected chi connectivity index (χ2v) is 26.7. The molecular weight excluding hydrogens is 1030 g/mol. The van der Waals surface area contributed by atoms with Crippen molar-refractivity contribution >= 4 is 11.9 Å². The lowest BCUT2D eigenvalue weighted by Gasteiger charge is -2.22. The smallest absolute Gasteiger partial charge is 0.305 e. The van der Waals surface area contributed by atoms with E-state index in [1.807, 2.05) is 0 Å². The maximum absolute atomic E-state index is 12.6. The molecule has 0 fully saturated rings. The fourth-order valence-corrected chi connectivity index (χ4v) is 12.3. The first-order chi connectivity index (χ1) is 41.5. The molecule has 0 aromatic carbocycles. The van der Waals surface area contributed by atoms with Crippen LogP contribution >= 0.6 is 0 Å². The largest absolute Gasteiger partial charge is 0.466 e. The second-order valence-electron chi connectivity index (χ2n) is 26.7. The third-order valence-electron chi connectivity index (χ3n) is 18.2. The Kier molecular flexibility index (Phi) is 72.3. The third-order valence-corrected chi connectivity index (χ3v) is 18.2. The number of aliphatic hydroxyl groups is 2. The molecule has 3 N–H and O–H groups in total. The van der Waals surface area contributed by atoms with E-state index in [2.05, 4.69) is 43.5 Å². The Morgan fingerprint density at radius 1 is 0.321 bits per heavy atom. The van der Waals surface area contributed by atoms with Gasteiger partial charge in [0, 0.05) is 12.8 Å². The molecule has 0 aromatic rings. The summed E-state index contributed by atoms with van der Waals surface area (Å²) in [5, 5.41) is 23.5. The van der Waals surface area contributed by atoms with Gasteiger partial charge in [-0.3, -0.25) is 9.59 Å². The summed E-state index contributed by atoms with van der Waals surface area (Å²) >= 11 is 0. The van der Waals surface area contributed by atoms with Crippen molar-refractivity contribution in [2.45, 2.75) is 450 Å². The van der Waals surface area contributed by atoms with Gasteiger partial charge in [-0.05, 0) is 77.0 Å².